The molecule has 0 radical (unpaired) electrons. The van der Waals surface area contributed by atoms with E-state index in [0.717, 1.165) is 66.8 Å². The van der Waals surface area contributed by atoms with Crippen LogP contribution in [0.3, 0.4) is 0 Å². The number of nitrogens with zero attached hydrogens (tertiary/aromatic N) is 5. The average molecular weight is 704 g/mol. The van der Waals surface area contributed by atoms with Crippen LogP contribution in [0.15, 0.2) is 200 Å². The molecule has 0 bridgehead atoms. The van der Waals surface area contributed by atoms with Crippen LogP contribution in [-0.2, 0) is 0 Å². The van der Waals surface area contributed by atoms with Crippen molar-refractivity contribution in [2.75, 3.05) is 0 Å². The monoisotopic (exact) mass is 703 g/mol. The Morgan fingerprint density at radius 3 is 1.25 bits per heavy atom. The van der Waals surface area contributed by atoms with Gasteiger partial charge in [0, 0.05) is 45.4 Å². The highest BCUT2D eigenvalue weighted by Gasteiger charge is 2.21. The molecule has 5 nitrogen and oxygen atoms in total. The molecule has 0 amide bonds. The number of aromatic nitrogens is 5. The number of pyridine rings is 1. The highest BCUT2D eigenvalue weighted by Crippen LogP contribution is 2.40. The summed E-state index contributed by atoms with van der Waals surface area (Å²) in [4.78, 5) is 20.0. The summed E-state index contributed by atoms with van der Waals surface area (Å²) in [5.41, 5.74) is 12.5. The summed E-state index contributed by atoms with van der Waals surface area (Å²) in [7, 11) is 0. The summed E-state index contributed by atoms with van der Waals surface area (Å²) in [6.45, 7) is 0. The topological polar surface area (TPSA) is 56.5 Å². The molecule has 0 saturated carbocycles. The van der Waals surface area contributed by atoms with Gasteiger partial charge in [-0.2, -0.15) is 0 Å². The van der Waals surface area contributed by atoms with E-state index in [4.69, 9.17) is 15.0 Å². The van der Waals surface area contributed by atoms with Gasteiger partial charge >= 0.3 is 0 Å². The van der Waals surface area contributed by atoms with Crippen molar-refractivity contribution >= 4 is 21.8 Å². The molecule has 0 aliphatic carbocycles. The first kappa shape index (κ1) is 32.2. The van der Waals surface area contributed by atoms with Crippen LogP contribution in [0.2, 0.25) is 0 Å². The third-order valence-electron chi connectivity index (χ3n) is 10.2. The Bertz CT molecular complexity index is 2790. The van der Waals surface area contributed by atoms with Gasteiger partial charge in [-0.05, 0) is 58.1 Å². The number of hydrogen-bond donors (Lipinski definition) is 0. The zero-order valence-corrected chi connectivity index (χ0v) is 29.8. The van der Waals surface area contributed by atoms with E-state index in [9.17, 15) is 0 Å². The SMILES string of the molecule is c1ccc(-c2ccc3c4ccc(-c5ccccc5)cc4n(-c4ccc(-c5cccnc5)cc4-c4nc(-c5ccccc5)nc(-c5ccccc5)n4)c3c2)cc1. The van der Waals surface area contributed by atoms with Crippen molar-refractivity contribution in [1.82, 2.24) is 24.5 Å². The van der Waals surface area contributed by atoms with Crippen LogP contribution in [0, 0.1) is 0 Å². The maximum Gasteiger partial charge on any atom is 0.166 e. The fraction of sp³-hybridized carbons (Fsp3) is 0. The predicted octanol–water partition coefficient (Wildman–Crippen LogP) is 12.4. The predicted molar refractivity (Wildman–Crippen MR) is 225 cm³/mol. The Labute approximate surface area is 318 Å². The van der Waals surface area contributed by atoms with Gasteiger partial charge in [0.05, 0.1) is 16.7 Å². The van der Waals surface area contributed by atoms with Crippen LogP contribution >= 0.6 is 0 Å². The third kappa shape index (κ3) is 6.04. The molecule has 7 aromatic carbocycles. The molecule has 0 atom stereocenters. The second-order valence-electron chi connectivity index (χ2n) is 13.5. The zero-order chi connectivity index (χ0) is 36.6. The second kappa shape index (κ2) is 13.8. The van der Waals surface area contributed by atoms with E-state index in [1.54, 1.807) is 6.20 Å². The quantitative estimate of drug-likeness (QED) is 0.166. The van der Waals surface area contributed by atoms with Crippen LogP contribution in [0.5, 0.6) is 0 Å². The fourth-order valence-corrected chi connectivity index (χ4v) is 7.45. The Kier molecular flexibility index (Phi) is 8.08. The molecule has 5 heteroatoms. The van der Waals surface area contributed by atoms with Crippen molar-refractivity contribution in [1.29, 1.82) is 0 Å². The average Bonchev–Trinajstić information content (AvgIpc) is 3.60. The molecule has 0 saturated heterocycles. The van der Waals surface area contributed by atoms with E-state index in [1.165, 1.54) is 10.8 Å². The summed E-state index contributed by atoms with van der Waals surface area (Å²) in [6.07, 6.45) is 3.70. The molecule has 0 spiro atoms. The lowest BCUT2D eigenvalue weighted by Gasteiger charge is -2.17. The van der Waals surface area contributed by atoms with Crippen LogP contribution in [0.4, 0.5) is 0 Å². The largest absolute Gasteiger partial charge is 0.308 e. The lowest BCUT2D eigenvalue weighted by Crippen LogP contribution is -2.04. The maximum absolute atomic E-state index is 5.24. The first-order valence-corrected chi connectivity index (χ1v) is 18.4. The molecule has 0 unspecified atom stereocenters. The molecule has 0 fully saturated rings. The van der Waals surface area contributed by atoms with E-state index < -0.39 is 0 Å². The third-order valence-corrected chi connectivity index (χ3v) is 10.2. The van der Waals surface area contributed by atoms with Gasteiger partial charge in [0.1, 0.15) is 0 Å². The molecular formula is C50H33N5. The molecule has 55 heavy (non-hydrogen) atoms. The summed E-state index contributed by atoms with van der Waals surface area (Å²) >= 11 is 0. The summed E-state index contributed by atoms with van der Waals surface area (Å²) in [5.74, 6) is 1.81. The van der Waals surface area contributed by atoms with Gasteiger partial charge in [-0.15, -0.1) is 0 Å². The van der Waals surface area contributed by atoms with E-state index in [-0.39, 0.29) is 0 Å². The van der Waals surface area contributed by atoms with E-state index in [2.05, 4.69) is 131 Å². The van der Waals surface area contributed by atoms with Crippen molar-refractivity contribution in [2.24, 2.45) is 0 Å². The molecule has 10 aromatic rings. The standard InChI is InChI=1S/C50H33N5/c1-5-14-34(15-6-1)39-23-26-42-43-27-24-40(35-16-7-2-8-17-35)32-47(43)55(46(42)31-39)45-28-25-38(41-22-13-29-51-33-41)30-44(45)50-53-48(36-18-9-3-10-19-36)52-49(54-50)37-20-11-4-12-21-37/h1-33H. The van der Waals surface area contributed by atoms with Crippen molar-refractivity contribution < 1.29 is 0 Å². The molecule has 0 aliphatic rings. The summed E-state index contributed by atoms with van der Waals surface area (Å²) in [6, 6.07) is 65.6. The molecule has 10 rings (SSSR count). The van der Waals surface area contributed by atoms with Crippen LogP contribution in [0.25, 0.3) is 95.0 Å². The van der Waals surface area contributed by atoms with Gasteiger partial charge in [-0.1, -0.05) is 158 Å². The summed E-state index contributed by atoms with van der Waals surface area (Å²) in [5, 5.41) is 2.34. The van der Waals surface area contributed by atoms with Gasteiger partial charge in [0.25, 0.3) is 0 Å². The Morgan fingerprint density at radius 1 is 0.327 bits per heavy atom. The molecule has 3 heterocycles. The van der Waals surface area contributed by atoms with Crippen LogP contribution < -0.4 is 0 Å². The van der Waals surface area contributed by atoms with E-state index in [0.29, 0.717) is 17.5 Å². The molecule has 3 aromatic heterocycles. The van der Waals surface area contributed by atoms with Crippen LogP contribution in [0.1, 0.15) is 0 Å². The van der Waals surface area contributed by atoms with E-state index >= 15 is 0 Å². The van der Waals surface area contributed by atoms with Crippen molar-refractivity contribution in [2.45, 2.75) is 0 Å². The maximum atomic E-state index is 5.24. The van der Waals surface area contributed by atoms with Gasteiger partial charge in [-0.25, -0.2) is 15.0 Å². The first-order valence-electron chi connectivity index (χ1n) is 18.4. The van der Waals surface area contributed by atoms with Crippen molar-refractivity contribution in [3.63, 3.8) is 0 Å². The lowest BCUT2D eigenvalue weighted by atomic mass is 10.0. The first-order chi connectivity index (χ1) is 27.3. The fourth-order valence-electron chi connectivity index (χ4n) is 7.45. The molecular weight excluding hydrogens is 671 g/mol. The van der Waals surface area contributed by atoms with Gasteiger partial charge in [0.15, 0.2) is 17.5 Å². The number of benzene rings is 7. The number of hydrogen-bond acceptors (Lipinski definition) is 4. The van der Waals surface area contributed by atoms with Gasteiger partial charge in [0.2, 0.25) is 0 Å². The molecule has 0 N–H and O–H groups in total. The zero-order valence-electron chi connectivity index (χ0n) is 29.8. The summed E-state index contributed by atoms with van der Waals surface area (Å²) < 4.78 is 2.39. The minimum Gasteiger partial charge on any atom is -0.308 e. The molecule has 258 valence electrons. The highest BCUT2D eigenvalue weighted by atomic mass is 15.1. The number of rotatable bonds is 7. The second-order valence-corrected chi connectivity index (χ2v) is 13.5. The Morgan fingerprint density at radius 2 is 0.764 bits per heavy atom. The minimum atomic E-state index is 0.585. The van der Waals surface area contributed by atoms with Gasteiger partial charge in [-0.3, -0.25) is 4.98 Å². The van der Waals surface area contributed by atoms with E-state index in [1.807, 2.05) is 72.9 Å². The van der Waals surface area contributed by atoms with Crippen molar-refractivity contribution in [3.05, 3.63) is 200 Å². The van der Waals surface area contributed by atoms with Crippen molar-refractivity contribution in [3.8, 4) is 73.2 Å². The normalized spacial score (nSPS) is 11.3. The van der Waals surface area contributed by atoms with Crippen LogP contribution in [-0.4, -0.2) is 24.5 Å². The lowest BCUT2D eigenvalue weighted by molar-refractivity contribution is 1.06. The highest BCUT2D eigenvalue weighted by molar-refractivity contribution is 6.11. The smallest absolute Gasteiger partial charge is 0.166 e. The number of fused-ring (bicyclic) bond motifs is 3. The minimum absolute atomic E-state index is 0.585. The Balaban J connectivity index is 1.30. The van der Waals surface area contributed by atoms with Gasteiger partial charge < -0.3 is 4.57 Å². The molecule has 0 aliphatic heterocycles. The Hall–Kier alpha value is -7.50.